The van der Waals surface area contributed by atoms with Gasteiger partial charge in [0.05, 0.1) is 0 Å². The molecule has 1 aliphatic heterocycles. The molecule has 1 fully saturated rings. The highest BCUT2D eigenvalue weighted by Crippen LogP contribution is 2.15. The summed E-state index contributed by atoms with van der Waals surface area (Å²) >= 11 is 0. The van der Waals surface area contributed by atoms with Crippen LogP contribution in [0.1, 0.15) is 40.0 Å². The first-order valence-electron chi connectivity index (χ1n) is 7.15. The lowest BCUT2D eigenvalue weighted by Crippen LogP contribution is -2.45. The van der Waals surface area contributed by atoms with Crippen LogP contribution in [0.5, 0.6) is 0 Å². The van der Waals surface area contributed by atoms with Gasteiger partial charge >= 0.3 is 0 Å². The molecule has 0 bridgehead atoms. The van der Waals surface area contributed by atoms with E-state index in [9.17, 15) is 0 Å². The van der Waals surface area contributed by atoms with Crippen molar-refractivity contribution >= 4 is 0 Å². The molecule has 1 saturated heterocycles. The summed E-state index contributed by atoms with van der Waals surface area (Å²) in [5.74, 6) is 0.769. The molecular weight excluding hydrogens is 212 g/mol. The first-order valence-corrected chi connectivity index (χ1v) is 7.15. The molecule has 0 spiro atoms. The molecule has 0 aromatic heterocycles. The van der Waals surface area contributed by atoms with Gasteiger partial charge in [0.25, 0.3) is 0 Å². The standard InChI is InChI=1S/C14H30N2O/c1-5-12(2)14-11-16(9-6-8-15-14)13(3)7-10-17-4/h12-15H,5-11H2,1-4H3. The Hall–Kier alpha value is -0.120. The van der Waals surface area contributed by atoms with Crippen molar-refractivity contribution in [2.45, 2.75) is 52.1 Å². The van der Waals surface area contributed by atoms with E-state index in [0.29, 0.717) is 12.1 Å². The number of nitrogens with zero attached hydrogens (tertiary/aromatic N) is 1. The van der Waals surface area contributed by atoms with E-state index in [1.165, 1.54) is 32.5 Å². The van der Waals surface area contributed by atoms with Crippen molar-refractivity contribution in [2.24, 2.45) is 5.92 Å². The Balaban J connectivity index is 2.47. The van der Waals surface area contributed by atoms with Crippen LogP contribution in [-0.4, -0.2) is 50.3 Å². The second kappa shape index (κ2) is 8.06. The van der Waals surface area contributed by atoms with E-state index < -0.39 is 0 Å². The fourth-order valence-electron chi connectivity index (χ4n) is 2.52. The Morgan fingerprint density at radius 1 is 1.41 bits per heavy atom. The largest absolute Gasteiger partial charge is 0.385 e. The lowest BCUT2D eigenvalue weighted by Gasteiger charge is -2.32. The molecule has 3 heteroatoms. The van der Waals surface area contributed by atoms with Crippen LogP contribution in [0.25, 0.3) is 0 Å². The van der Waals surface area contributed by atoms with E-state index in [2.05, 4.69) is 31.0 Å². The van der Waals surface area contributed by atoms with Crippen molar-refractivity contribution in [1.29, 1.82) is 0 Å². The molecule has 3 nitrogen and oxygen atoms in total. The SMILES string of the molecule is CCC(C)C1CN(C(C)CCOC)CCCN1. The Morgan fingerprint density at radius 3 is 2.82 bits per heavy atom. The molecule has 0 aromatic carbocycles. The lowest BCUT2D eigenvalue weighted by molar-refractivity contribution is 0.131. The fourth-order valence-corrected chi connectivity index (χ4v) is 2.52. The van der Waals surface area contributed by atoms with E-state index in [-0.39, 0.29) is 0 Å². The van der Waals surface area contributed by atoms with Gasteiger partial charge in [-0.1, -0.05) is 20.3 Å². The fraction of sp³-hybridized carbons (Fsp3) is 1.00. The van der Waals surface area contributed by atoms with Gasteiger partial charge in [-0.25, -0.2) is 0 Å². The summed E-state index contributed by atoms with van der Waals surface area (Å²) in [7, 11) is 1.79. The number of nitrogens with one attached hydrogen (secondary N) is 1. The van der Waals surface area contributed by atoms with Gasteiger partial charge in [-0.2, -0.15) is 0 Å². The molecule has 0 radical (unpaired) electrons. The van der Waals surface area contributed by atoms with Crippen molar-refractivity contribution in [3.63, 3.8) is 0 Å². The molecule has 0 amide bonds. The number of rotatable bonds is 6. The van der Waals surface area contributed by atoms with Crippen LogP contribution in [0.3, 0.4) is 0 Å². The van der Waals surface area contributed by atoms with Crippen molar-refractivity contribution in [3.05, 3.63) is 0 Å². The highest BCUT2D eigenvalue weighted by molar-refractivity contribution is 4.82. The van der Waals surface area contributed by atoms with Crippen LogP contribution >= 0.6 is 0 Å². The summed E-state index contributed by atoms with van der Waals surface area (Å²) in [6.07, 6.45) is 3.67. The lowest BCUT2D eigenvalue weighted by atomic mass is 9.98. The van der Waals surface area contributed by atoms with E-state index in [4.69, 9.17) is 4.74 Å². The zero-order valence-corrected chi connectivity index (χ0v) is 12.0. The van der Waals surface area contributed by atoms with Gasteiger partial charge in [-0.15, -0.1) is 0 Å². The summed E-state index contributed by atoms with van der Waals surface area (Å²) in [5.41, 5.74) is 0. The van der Waals surface area contributed by atoms with Gasteiger partial charge in [0.1, 0.15) is 0 Å². The van der Waals surface area contributed by atoms with Crippen LogP contribution in [0.2, 0.25) is 0 Å². The summed E-state index contributed by atoms with van der Waals surface area (Å²) in [6.45, 7) is 11.4. The van der Waals surface area contributed by atoms with Crippen molar-refractivity contribution in [2.75, 3.05) is 33.4 Å². The third kappa shape index (κ3) is 4.94. The molecule has 1 aliphatic rings. The average Bonchev–Trinajstić information content (AvgIpc) is 2.60. The van der Waals surface area contributed by atoms with Gasteiger partial charge in [-0.3, -0.25) is 4.90 Å². The Bertz CT molecular complexity index is 199. The molecule has 0 saturated carbocycles. The molecule has 3 atom stereocenters. The second-order valence-corrected chi connectivity index (χ2v) is 5.43. The van der Waals surface area contributed by atoms with Crippen LogP contribution in [-0.2, 0) is 4.74 Å². The molecule has 1 rings (SSSR count). The molecule has 102 valence electrons. The third-order valence-electron chi connectivity index (χ3n) is 4.15. The second-order valence-electron chi connectivity index (χ2n) is 5.43. The Kier molecular flexibility index (Phi) is 7.09. The maximum atomic E-state index is 5.19. The zero-order chi connectivity index (χ0) is 12.7. The number of ether oxygens (including phenoxy) is 1. The zero-order valence-electron chi connectivity index (χ0n) is 12.0. The van der Waals surface area contributed by atoms with Crippen molar-refractivity contribution < 1.29 is 4.74 Å². The van der Waals surface area contributed by atoms with E-state index in [1.54, 1.807) is 7.11 Å². The molecule has 0 aliphatic carbocycles. The highest BCUT2D eigenvalue weighted by atomic mass is 16.5. The van der Waals surface area contributed by atoms with Crippen LogP contribution in [0.4, 0.5) is 0 Å². The molecule has 1 heterocycles. The van der Waals surface area contributed by atoms with E-state index in [1.807, 2.05) is 0 Å². The minimum atomic E-state index is 0.640. The topological polar surface area (TPSA) is 24.5 Å². The first-order chi connectivity index (χ1) is 8.19. The predicted molar refractivity (Wildman–Crippen MR) is 73.4 cm³/mol. The smallest absolute Gasteiger partial charge is 0.0477 e. The number of methoxy groups -OCH3 is 1. The van der Waals surface area contributed by atoms with Gasteiger partial charge < -0.3 is 10.1 Å². The summed E-state index contributed by atoms with van der Waals surface area (Å²) in [5, 5.41) is 3.70. The maximum Gasteiger partial charge on any atom is 0.0477 e. The number of hydrogen-bond acceptors (Lipinski definition) is 3. The minimum Gasteiger partial charge on any atom is -0.385 e. The quantitative estimate of drug-likeness (QED) is 0.772. The molecule has 0 aromatic rings. The minimum absolute atomic E-state index is 0.640. The Morgan fingerprint density at radius 2 is 2.18 bits per heavy atom. The predicted octanol–water partition coefficient (Wildman–Crippen LogP) is 2.12. The van der Waals surface area contributed by atoms with Crippen LogP contribution < -0.4 is 5.32 Å². The van der Waals surface area contributed by atoms with Gasteiger partial charge in [0.2, 0.25) is 0 Å². The maximum absolute atomic E-state index is 5.19. The highest BCUT2D eigenvalue weighted by Gasteiger charge is 2.24. The van der Waals surface area contributed by atoms with Gasteiger partial charge in [-0.05, 0) is 38.8 Å². The summed E-state index contributed by atoms with van der Waals surface area (Å²) < 4.78 is 5.19. The van der Waals surface area contributed by atoms with Crippen molar-refractivity contribution in [3.8, 4) is 0 Å². The molecule has 3 unspecified atom stereocenters. The van der Waals surface area contributed by atoms with Crippen LogP contribution in [0, 0.1) is 5.92 Å². The number of hydrogen-bond donors (Lipinski definition) is 1. The third-order valence-corrected chi connectivity index (χ3v) is 4.15. The van der Waals surface area contributed by atoms with E-state index in [0.717, 1.165) is 18.9 Å². The molecule has 1 N–H and O–H groups in total. The summed E-state index contributed by atoms with van der Waals surface area (Å²) in [6, 6.07) is 1.30. The summed E-state index contributed by atoms with van der Waals surface area (Å²) in [4.78, 5) is 2.63. The van der Waals surface area contributed by atoms with Gasteiger partial charge in [0.15, 0.2) is 0 Å². The molecular formula is C14H30N2O. The Labute approximate surface area is 107 Å². The normalized spacial score (nSPS) is 26.5. The average molecular weight is 242 g/mol. The monoisotopic (exact) mass is 242 g/mol. The molecule has 17 heavy (non-hydrogen) atoms. The van der Waals surface area contributed by atoms with Crippen molar-refractivity contribution in [1.82, 2.24) is 10.2 Å². The van der Waals surface area contributed by atoms with E-state index >= 15 is 0 Å². The van der Waals surface area contributed by atoms with Gasteiger partial charge in [0, 0.05) is 32.3 Å². The van der Waals surface area contributed by atoms with Crippen LogP contribution in [0.15, 0.2) is 0 Å². The first kappa shape index (κ1) is 14.9.